The van der Waals surface area contributed by atoms with Crippen molar-refractivity contribution in [2.75, 3.05) is 9.80 Å². The molecule has 0 heterocycles. The van der Waals surface area contributed by atoms with Gasteiger partial charge in [0.05, 0.1) is 0 Å². The zero-order valence-electron chi connectivity index (χ0n) is 43.3. The van der Waals surface area contributed by atoms with Crippen LogP contribution in [0.5, 0.6) is 0 Å². The number of rotatable bonds is 12. The summed E-state index contributed by atoms with van der Waals surface area (Å²) in [6.07, 6.45) is 0. The van der Waals surface area contributed by atoms with Crippen molar-refractivity contribution >= 4 is 34.1 Å². The number of anilines is 6. The molecule has 0 amide bonds. The Morgan fingerprint density at radius 2 is 0.416 bits per heavy atom. The molecule has 2 nitrogen and oxygen atoms in total. The molecular formula is C75H56N2. The van der Waals surface area contributed by atoms with Crippen LogP contribution >= 0.6 is 0 Å². The minimum absolute atomic E-state index is 0.302. The predicted octanol–water partition coefficient (Wildman–Crippen LogP) is 20.9. The van der Waals surface area contributed by atoms with Crippen molar-refractivity contribution in [2.45, 2.75) is 19.3 Å². The van der Waals surface area contributed by atoms with Crippen LogP contribution < -0.4 is 9.80 Å². The van der Waals surface area contributed by atoms with E-state index >= 15 is 0 Å². The van der Waals surface area contributed by atoms with Crippen molar-refractivity contribution in [1.82, 2.24) is 0 Å². The largest absolute Gasteiger partial charge is 0.310 e. The normalized spacial score (nSPS) is 12.1. The Balaban J connectivity index is 0.865. The van der Waals surface area contributed by atoms with E-state index in [0.717, 1.165) is 34.1 Å². The van der Waals surface area contributed by atoms with E-state index in [0.29, 0.717) is 0 Å². The van der Waals surface area contributed by atoms with Crippen LogP contribution in [0.15, 0.2) is 303 Å². The molecule has 12 aromatic rings. The van der Waals surface area contributed by atoms with E-state index in [9.17, 15) is 0 Å². The van der Waals surface area contributed by atoms with Gasteiger partial charge in [-0.15, -0.1) is 0 Å². The van der Waals surface area contributed by atoms with Gasteiger partial charge in [0, 0.05) is 39.5 Å². The molecule has 0 atom stereocenters. The third kappa shape index (κ3) is 9.21. The van der Waals surface area contributed by atoms with Crippen LogP contribution in [-0.2, 0) is 5.41 Å². The smallest absolute Gasteiger partial charge is 0.0465 e. The molecule has 1 aliphatic rings. The number of fused-ring (bicyclic) bond motifs is 3. The molecule has 13 rings (SSSR count). The van der Waals surface area contributed by atoms with E-state index in [-0.39, 0.29) is 5.41 Å². The fourth-order valence-electron chi connectivity index (χ4n) is 11.4. The highest BCUT2D eigenvalue weighted by Crippen LogP contribution is 2.53. The van der Waals surface area contributed by atoms with Gasteiger partial charge in [0.1, 0.15) is 0 Å². The summed E-state index contributed by atoms with van der Waals surface area (Å²) in [5, 5.41) is 0. The van der Waals surface area contributed by atoms with Gasteiger partial charge in [0.25, 0.3) is 0 Å². The standard InChI is InChI=1S/C75H56N2/c1-75(2)73-51-69(76(65-37-29-57(30-38-65)53-17-7-3-8-18-53)67-41-33-59(34-42-67)63-27-15-25-61(49-63)55-21-11-5-12-22-55)45-47-71(73)72-48-46-70(52-74(72)75)77(66-39-31-58(32-40-66)54-19-9-4-10-20-54)68-43-35-60(36-44-68)64-28-16-26-62(50-64)56-23-13-6-14-24-56/h3-52H,1-2H3. The van der Waals surface area contributed by atoms with Crippen molar-refractivity contribution < 1.29 is 0 Å². The van der Waals surface area contributed by atoms with Gasteiger partial charge in [0.2, 0.25) is 0 Å². The fourth-order valence-corrected chi connectivity index (χ4v) is 11.4. The summed E-state index contributed by atoms with van der Waals surface area (Å²) in [6, 6.07) is 110. The van der Waals surface area contributed by atoms with Crippen molar-refractivity contribution in [3.63, 3.8) is 0 Å². The van der Waals surface area contributed by atoms with Crippen LogP contribution in [0.4, 0.5) is 34.1 Å². The second-order valence-electron chi connectivity index (χ2n) is 20.6. The molecule has 2 heteroatoms. The van der Waals surface area contributed by atoms with Crippen molar-refractivity contribution in [1.29, 1.82) is 0 Å². The van der Waals surface area contributed by atoms with Gasteiger partial charge in [-0.1, -0.05) is 232 Å². The zero-order valence-corrected chi connectivity index (χ0v) is 43.3. The molecular weight excluding hydrogens is 929 g/mol. The van der Waals surface area contributed by atoms with E-state index in [2.05, 4.69) is 327 Å². The Morgan fingerprint density at radius 1 is 0.195 bits per heavy atom. The summed E-state index contributed by atoms with van der Waals surface area (Å²) in [6.45, 7) is 4.78. The van der Waals surface area contributed by atoms with Gasteiger partial charge >= 0.3 is 0 Å². The lowest BCUT2D eigenvalue weighted by Crippen LogP contribution is -2.17. The lowest BCUT2D eigenvalue weighted by Gasteiger charge is -2.29. The van der Waals surface area contributed by atoms with Gasteiger partial charge in [0.15, 0.2) is 0 Å². The minimum atomic E-state index is -0.302. The van der Waals surface area contributed by atoms with Crippen LogP contribution in [0.2, 0.25) is 0 Å². The molecule has 0 N–H and O–H groups in total. The Bertz CT molecular complexity index is 3730. The Hall–Kier alpha value is -9.76. The lowest BCUT2D eigenvalue weighted by atomic mass is 9.82. The van der Waals surface area contributed by atoms with Crippen molar-refractivity contribution in [3.05, 3.63) is 314 Å². The maximum absolute atomic E-state index is 2.43. The summed E-state index contributed by atoms with van der Waals surface area (Å²) in [4.78, 5) is 4.82. The first-order valence-corrected chi connectivity index (χ1v) is 26.6. The zero-order chi connectivity index (χ0) is 51.7. The molecule has 12 aromatic carbocycles. The van der Waals surface area contributed by atoms with E-state index < -0.39 is 0 Å². The molecule has 0 aromatic heterocycles. The highest BCUT2D eigenvalue weighted by atomic mass is 15.1. The molecule has 0 bridgehead atoms. The van der Waals surface area contributed by atoms with Crippen LogP contribution in [0.25, 0.3) is 77.9 Å². The van der Waals surface area contributed by atoms with Crippen molar-refractivity contribution in [3.8, 4) is 77.9 Å². The highest BCUT2D eigenvalue weighted by Gasteiger charge is 2.37. The topological polar surface area (TPSA) is 6.48 Å². The maximum atomic E-state index is 2.43. The molecule has 0 unspecified atom stereocenters. The van der Waals surface area contributed by atoms with Crippen LogP contribution in [0, 0.1) is 0 Å². The maximum Gasteiger partial charge on any atom is 0.0465 e. The predicted molar refractivity (Wildman–Crippen MR) is 326 cm³/mol. The first-order chi connectivity index (χ1) is 37.9. The average Bonchev–Trinajstić information content (AvgIpc) is 3.73. The van der Waals surface area contributed by atoms with E-state index in [1.807, 2.05) is 0 Å². The van der Waals surface area contributed by atoms with Crippen molar-refractivity contribution in [2.24, 2.45) is 0 Å². The molecule has 1 aliphatic carbocycles. The number of hydrogen-bond donors (Lipinski definition) is 0. The molecule has 366 valence electrons. The Labute approximate surface area is 453 Å². The van der Waals surface area contributed by atoms with Crippen LogP contribution in [0.1, 0.15) is 25.0 Å². The third-order valence-corrected chi connectivity index (χ3v) is 15.5. The fraction of sp³-hybridized carbons (Fsp3) is 0.0400. The molecule has 0 fully saturated rings. The molecule has 0 aliphatic heterocycles. The molecule has 77 heavy (non-hydrogen) atoms. The summed E-state index contributed by atoms with van der Waals surface area (Å²) < 4.78 is 0. The number of benzene rings is 12. The lowest BCUT2D eigenvalue weighted by molar-refractivity contribution is 0.660. The summed E-state index contributed by atoms with van der Waals surface area (Å²) in [5.74, 6) is 0. The number of nitrogens with zero attached hydrogens (tertiary/aromatic N) is 2. The molecule has 0 saturated carbocycles. The second-order valence-corrected chi connectivity index (χ2v) is 20.6. The van der Waals surface area contributed by atoms with Crippen LogP contribution in [-0.4, -0.2) is 0 Å². The summed E-state index contributed by atoms with van der Waals surface area (Å²) in [7, 11) is 0. The van der Waals surface area contributed by atoms with E-state index in [4.69, 9.17) is 0 Å². The van der Waals surface area contributed by atoms with Gasteiger partial charge in [-0.05, 0) is 174 Å². The first-order valence-electron chi connectivity index (χ1n) is 26.6. The Kier molecular flexibility index (Phi) is 12.3. The van der Waals surface area contributed by atoms with Gasteiger partial charge < -0.3 is 9.80 Å². The minimum Gasteiger partial charge on any atom is -0.310 e. The Morgan fingerprint density at radius 3 is 0.701 bits per heavy atom. The number of hydrogen-bond acceptors (Lipinski definition) is 2. The van der Waals surface area contributed by atoms with Gasteiger partial charge in [-0.2, -0.15) is 0 Å². The quantitative estimate of drug-likeness (QED) is 0.120. The highest BCUT2D eigenvalue weighted by molar-refractivity contribution is 5.90. The second kappa shape index (κ2) is 20.2. The SMILES string of the molecule is CC1(C)c2cc(N(c3ccc(-c4ccccc4)cc3)c3ccc(-c4cccc(-c5ccccc5)c4)cc3)ccc2-c2ccc(N(c3ccc(-c4ccccc4)cc3)c3ccc(-c4cccc(-c5ccccc5)c4)cc3)cc21. The van der Waals surface area contributed by atoms with Gasteiger partial charge in [-0.25, -0.2) is 0 Å². The van der Waals surface area contributed by atoms with Crippen LogP contribution in [0.3, 0.4) is 0 Å². The first kappa shape index (κ1) is 47.0. The summed E-state index contributed by atoms with van der Waals surface area (Å²) in [5.41, 5.74) is 25.9. The molecule has 0 spiro atoms. The van der Waals surface area contributed by atoms with E-state index in [1.54, 1.807) is 0 Å². The van der Waals surface area contributed by atoms with E-state index in [1.165, 1.54) is 89.0 Å². The summed E-state index contributed by atoms with van der Waals surface area (Å²) >= 11 is 0. The average molecular weight is 985 g/mol. The molecule has 0 radical (unpaired) electrons. The monoisotopic (exact) mass is 984 g/mol. The third-order valence-electron chi connectivity index (χ3n) is 15.5. The molecule has 0 saturated heterocycles. The van der Waals surface area contributed by atoms with Gasteiger partial charge in [-0.3, -0.25) is 0 Å².